The van der Waals surface area contributed by atoms with Gasteiger partial charge in [0.25, 0.3) is 0 Å². The third-order valence-corrected chi connectivity index (χ3v) is 4.27. The maximum atomic E-state index is 12.0. The minimum absolute atomic E-state index is 0.0714. The van der Waals surface area contributed by atoms with Gasteiger partial charge in [0.05, 0.1) is 18.8 Å². The summed E-state index contributed by atoms with van der Waals surface area (Å²) in [7, 11) is 5.15. The van der Waals surface area contributed by atoms with Crippen molar-refractivity contribution in [1.29, 1.82) is 0 Å². The summed E-state index contributed by atoms with van der Waals surface area (Å²) in [6.45, 7) is 0.778. The molecule has 0 saturated heterocycles. The fourth-order valence-corrected chi connectivity index (χ4v) is 3.01. The molecule has 0 aromatic rings. The molecule has 1 unspecified atom stereocenters. The molecule has 6 heteroatoms. The highest BCUT2D eigenvalue weighted by atomic mass is 32.2. The third kappa shape index (κ3) is 9.72. The zero-order valence-corrected chi connectivity index (χ0v) is 13.7. The van der Waals surface area contributed by atoms with Gasteiger partial charge in [0.2, 0.25) is 0 Å². The number of nitrogens with one attached hydrogen (secondary N) is 1. The topological polar surface area (TPSA) is 67.8 Å². The summed E-state index contributed by atoms with van der Waals surface area (Å²) in [6.07, 6.45) is 3.19. The van der Waals surface area contributed by atoms with Crippen molar-refractivity contribution in [2.75, 3.05) is 46.0 Å². The molecule has 2 atom stereocenters. The summed E-state index contributed by atoms with van der Waals surface area (Å²) in [5.41, 5.74) is 0. The van der Waals surface area contributed by atoms with Crippen LogP contribution in [0.1, 0.15) is 25.7 Å². The molecule has 0 fully saturated rings. The van der Waals surface area contributed by atoms with Crippen molar-refractivity contribution in [3.63, 3.8) is 0 Å². The number of hydrogen-bond donors (Lipinski definition) is 2. The number of aliphatic hydroxyl groups is 1. The summed E-state index contributed by atoms with van der Waals surface area (Å²) < 4.78 is 10.3. The number of thioether (sulfide) groups is 1. The Morgan fingerprint density at radius 2 is 2.00 bits per heavy atom. The van der Waals surface area contributed by atoms with Crippen LogP contribution in [0.5, 0.6) is 0 Å². The molecule has 120 valence electrons. The Kier molecular flexibility index (Phi) is 13.7. The van der Waals surface area contributed by atoms with E-state index in [9.17, 15) is 4.79 Å². The normalized spacial score (nSPS) is 14.2. The Bertz CT molecular complexity index is 241. The molecule has 0 aliphatic carbocycles. The first kappa shape index (κ1) is 19.9. The van der Waals surface area contributed by atoms with E-state index in [1.807, 2.05) is 7.05 Å². The molecular formula is C14H29NO4S. The number of unbranched alkanes of at least 4 members (excludes halogenated alkanes) is 2. The van der Waals surface area contributed by atoms with Gasteiger partial charge in [0, 0.05) is 38.8 Å². The molecule has 2 N–H and O–H groups in total. The molecule has 0 heterocycles. The van der Waals surface area contributed by atoms with E-state index >= 15 is 0 Å². The van der Waals surface area contributed by atoms with Gasteiger partial charge in [-0.05, 0) is 19.9 Å². The van der Waals surface area contributed by atoms with Crippen LogP contribution in [-0.4, -0.2) is 69.0 Å². The lowest BCUT2D eigenvalue weighted by molar-refractivity contribution is -0.120. The summed E-state index contributed by atoms with van der Waals surface area (Å²) >= 11 is 1.70. The van der Waals surface area contributed by atoms with Crippen LogP contribution in [0, 0.1) is 0 Å². The van der Waals surface area contributed by atoms with Gasteiger partial charge >= 0.3 is 0 Å². The van der Waals surface area contributed by atoms with Crippen LogP contribution >= 0.6 is 11.8 Å². The molecule has 0 amide bonds. The maximum absolute atomic E-state index is 12.0. The number of hydrogen-bond acceptors (Lipinski definition) is 6. The molecule has 0 aliphatic rings. The van der Waals surface area contributed by atoms with Gasteiger partial charge in [0.15, 0.2) is 5.78 Å². The molecular weight excluding hydrogens is 278 g/mol. The second-order valence-electron chi connectivity index (χ2n) is 4.69. The van der Waals surface area contributed by atoms with E-state index in [4.69, 9.17) is 14.6 Å². The average Bonchev–Trinajstić information content (AvgIpc) is 2.46. The number of Topliss-reactive ketones (excluding diaryl/α,β-unsaturated/α-hetero) is 1. The van der Waals surface area contributed by atoms with Crippen molar-refractivity contribution in [3.05, 3.63) is 0 Å². The number of ether oxygens (including phenoxy) is 2. The van der Waals surface area contributed by atoms with Gasteiger partial charge in [-0.25, -0.2) is 0 Å². The standard InChI is InChI=1S/C14H29NO4S/c1-15-13(14(17)7-5-4-6-8-16)11-20-10-12(19-3)9-18-2/h12-13,15-16H,4-11H2,1-3H3/t12-,13?/m0/s1. The Balaban J connectivity index is 3.86. The second-order valence-corrected chi connectivity index (χ2v) is 5.77. The number of carbonyl (C=O) groups excluding carboxylic acids is 1. The lowest BCUT2D eigenvalue weighted by Crippen LogP contribution is -2.36. The largest absolute Gasteiger partial charge is 0.396 e. The number of aliphatic hydroxyl groups excluding tert-OH is 1. The number of likely N-dealkylation sites (N-methyl/N-ethyl adjacent to an activating group) is 1. The lowest BCUT2D eigenvalue weighted by atomic mass is 10.1. The summed E-state index contributed by atoms with van der Waals surface area (Å²) in [6, 6.07) is -0.103. The number of carbonyl (C=O) groups is 1. The van der Waals surface area contributed by atoms with E-state index in [2.05, 4.69) is 5.32 Å². The van der Waals surface area contributed by atoms with Crippen LogP contribution in [-0.2, 0) is 14.3 Å². The molecule has 0 bridgehead atoms. The highest BCUT2D eigenvalue weighted by Crippen LogP contribution is 2.10. The molecule has 5 nitrogen and oxygen atoms in total. The van der Waals surface area contributed by atoms with E-state index < -0.39 is 0 Å². The molecule has 20 heavy (non-hydrogen) atoms. The van der Waals surface area contributed by atoms with Gasteiger partial charge < -0.3 is 19.9 Å². The SMILES string of the molecule is CNC(CSC[C@H](COC)OC)C(=O)CCCCCO. The molecule has 0 aromatic carbocycles. The van der Waals surface area contributed by atoms with E-state index in [0.29, 0.717) is 13.0 Å². The predicted octanol–water partition coefficient (Wildman–Crippen LogP) is 1.09. The van der Waals surface area contributed by atoms with Crippen molar-refractivity contribution in [1.82, 2.24) is 5.32 Å². The zero-order chi connectivity index (χ0) is 15.2. The highest BCUT2D eigenvalue weighted by Gasteiger charge is 2.17. The number of methoxy groups -OCH3 is 2. The van der Waals surface area contributed by atoms with E-state index in [0.717, 1.165) is 30.8 Å². The van der Waals surface area contributed by atoms with Crippen LogP contribution < -0.4 is 5.32 Å². The Labute approximate surface area is 126 Å². The van der Waals surface area contributed by atoms with E-state index in [-0.39, 0.29) is 24.5 Å². The second kappa shape index (κ2) is 13.8. The van der Waals surface area contributed by atoms with E-state index in [1.54, 1.807) is 26.0 Å². The average molecular weight is 307 g/mol. The highest BCUT2D eigenvalue weighted by molar-refractivity contribution is 7.99. The summed E-state index contributed by atoms with van der Waals surface area (Å²) in [5, 5.41) is 11.8. The fraction of sp³-hybridized carbons (Fsp3) is 0.929. The molecule has 0 saturated carbocycles. The Morgan fingerprint density at radius 3 is 2.55 bits per heavy atom. The van der Waals surface area contributed by atoms with E-state index in [1.165, 1.54) is 0 Å². The van der Waals surface area contributed by atoms with Crippen LogP contribution in [0.4, 0.5) is 0 Å². The Morgan fingerprint density at radius 1 is 1.25 bits per heavy atom. The van der Waals surface area contributed by atoms with Crippen LogP contribution in [0.2, 0.25) is 0 Å². The quantitative estimate of drug-likeness (QED) is 0.468. The molecule has 0 aliphatic heterocycles. The first-order valence-corrected chi connectivity index (χ1v) is 8.25. The number of rotatable bonds is 14. The molecule has 0 aromatic heterocycles. The Hall–Kier alpha value is -0.140. The first-order valence-electron chi connectivity index (χ1n) is 7.09. The van der Waals surface area contributed by atoms with Crippen molar-refractivity contribution >= 4 is 17.5 Å². The fourth-order valence-electron chi connectivity index (χ4n) is 1.79. The van der Waals surface area contributed by atoms with Crippen molar-refractivity contribution in [2.24, 2.45) is 0 Å². The van der Waals surface area contributed by atoms with Gasteiger partial charge in [-0.3, -0.25) is 4.79 Å². The van der Waals surface area contributed by atoms with Gasteiger partial charge in [-0.2, -0.15) is 11.8 Å². The lowest BCUT2D eigenvalue weighted by Gasteiger charge is -2.17. The summed E-state index contributed by atoms with van der Waals surface area (Å²) in [4.78, 5) is 12.0. The van der Waals surface area contributed by atoms with Gasteiger partial charge in [0.1, 0.15) is 0 Å². The monoisotopic (exact) mass is 307 g/mol. The summed E-state index contributed by atoms with van der Waals surface area (Å²) in [5.74, 6) is 1.82. The van der Waals surface area contributed by atoms with Crippen LogP contribution in [0.25, 0.3) is 0 Å². The third-order valence-electron chi connectivity index (χ3n) is 3.09. The number of ketones is 1. The predicted molar refractivity (Wildman–Crippen MR) is 83.4 cm³/mol. The van der Waals surface area contributed by atoms with Gasteiger partial charge in [-0.1, -0.05) is 6.42 Å². The molecule has 0 spiro atoms. The first-order chi connectivity index (χ1) is 9.69. The smallest absolute Gasteiger partial charge is 0.150 e. The van der Waals surface area contributed by atoms with Crippen molar-refractivity contribution in [3.8, 4) is 0 Å². The van der Waals surface area contributed by atoms with Crippen LogP contribution in [0.15, 0.2) is 0 Å². The molecule has 0 rings (SSSR count). The van der Waals surface area contributed by atoms with Crippen molar-refractivity contribution < 1.29 is 19.4 Å². The van der Waals surface area contributed by atoms with Gasteiger partial charge in [-0.15, -0.1) is 0 Å². The maximum Gasteiger partial charge on any atom is 0.150 e. The minimum Gasteiger partial charge on any atom is -0.396 e. The van der Waals surface area contributed by atoms with Crippen LogP contribution in [0.3, 0.4) is 0 Å². The zero-order valence-electron chi connectivity index (χ0n) is 12.9. The van der Waals surface area contributed by atoms with Crippen molar-refractivity contribution in [2.45, 2.75) is 37.8 Å². The minimum atomic E-state index is -0.103. The molecule has 0 radical (unpaired) electrons.